The first-order chi connectivity index (χ1) is 11.0. The van der Waals surface area contributed by atoms with E-state index in [1.165, 1.54) is 11.8 Å². The van der Waals surface area contributed by atoms with Gasteiger partial charge in [-0.15, -0.1) is 0 Å². The third-order valence-electron chi connectivity index (χ3n) is 3.42. The molecule has 23 heavy (non-hydrogen) atoms. The lowest BCUT2D eigenvalue weighted by atomic mass is 10.0. The zero-order chi connectivity index (χ0) is 16.4. The number of thiocarbonyl (C=S) groups is 1. The molecule has 0 spiro atoms. The van der Waals surface area contributed by atoms with Crippen molar-refractivity contribution in [3.63, 3.8) is 0 Å². The Balaban J connectivity index is 2.03. The quantitative estimate of drug-likeness (QED) is 0.661. The van der Waals surface area contributed by atoms with Crippen LogP contribution in [0.4, 0.5) is 0 Å². The highest BCUT2D eigenvalue weighted by Crippen LogP contribution is 2.32. The molecule has 3 rings (SSSR count). The number of thioether (sulfide) groups is 1. The van der Waals surface area contributed by atoms with E-state index in [-0.39, 0.29) is 5.91 Å². The summed E-state index contributed by atoms with van der Waals surface area (Å²) >= 11 is 6.33. The molecule has 0 bridgehead atoms. The topological polar surface area (TPSA) is 38.3 Å². The number of nitrogens with one attached hydrogen (secondary N) is 1. The Bertz CT molecular complexity index is 812. The summed E-state index contributed by atoms with van der Waals surface area (Å²) in [6.45, 7) is 4.93. The molecule has 2 aromatic rings. The van der Waals surface area contributed by atoms with Crippen LogP contribution in [0.2, 0.25) is 0 Å². The van der Waals surface area contributed by atoms with Crippen molar-refractivity contribution in [2.75, 3.05) is 6.61 Å². The van der Waals surface area contributed by atoms with E-state index < -0.39 is 0 Å². The van der Waals surface area contributed by atoms with E-state index in [1.807, 2.05) is 42.5 Å². The van der Waals surface area contributed by atoms with E-state index >= 15 is 0 Å². The first-order valence-electron chi connectivity index (χ1n) is 7.44. The summed E-state index contributed by atoms with van der Waals surface area (Å²) in [6, 6.07) is 12.0. The van der Waals surface area contributed by atoms with Crippen molar-refractivity contribution < 1.29 is 9.53 Å². The van der Waals surface area contributed by atoms with E-state index in [9.17, 15) is 4.79 Å². The molecule has 0 aliphatic carbocycles. The van der Waals surface area contributed by atoms with Crippen LogP contribution < -0.4 is 10.1 Å². The first kappa shape index (κ1) is 16.0. The summed E-state index contributed by atoms with van der Waals surface area (Å²) in [6.07, 6.45) is 1.88. The maximum Gasteiger partial charge on any atom is 0.263 e. The van der Waals surface area contributed by atoms with Gasteiger partial charge in [0, 0.05) is 5.39 Å². The summed E-state index contributed by atoms with van der Waals surface area (Å²) in [4.78, 5) is 12.5. The fourth-order valence-electron chi connectivity index (χ4n) is 2.37. The highest BCUT2D eigenvalue weighted by Gasteiger charge is 2.22. The Morgan fingerprint density at radius 3 is 2.61 bits per heavy atom. The standard InChI is InChI=1S/C18H17NO2S2/c1-11(2)10-21-15-8-7-12(13-5-3-4-6-14(13)15)9-16-17(20)19-18(22)23-16/h3-9,11H,10H2,1-2H3,(H,19,20,22). The number of benzene rings is 2. The fraction of sp³-hybridized carbons (Fsp3) is 0.222. The molecule has 2 aromatic carbocycles. The number of hydrogen-bond donors (Lipinski definition) is 1. The van der Waals surface area contributed by atoms with Crippen LogP contribution in [-0.4, -0.2) is 16.8 Å². The molecule has 1 fully saturated rings. The van der Waals surface area contributed by atoms with Crippen molar-refractivity contribution in [3.8, 4) is 5.75 Å². The van der Waals surface area contributed by atoms with Crippen molar-refractivity contribution in [3.05, 3.63) is 46.9 Å². The van der Waals surface area contributed by atoms with Gasteiger partial charge in [-0.1, -0.05) is 68.2 Å². The maximum atomic E-state index is 11.9. The molecule has 0 unspecified atom stereocenters. The smallest absolute Gasteiger partial charge is 0.263 e. The van der Waals surface area contributed by atoms with Crippen molar-refractivity contribution in [2.24, 2.45) is 5.92 Å². The number of carbonyl (C=O) groups is 1. The normalized spacial score (nSPS) is 16.4. The minimum absolute atomic E-state index is 0.135. The third kappa shape index (κ3) is 3.57. The van der Waals surface area contributed by atoms with Crippen LogP contribution in [0.15, 0.2) is 41.3 Å². The van der Waals surface area contributed by atoms with Gasteiger partial charge >= 0.3 is 0 Å². The largest absolute Gasteiger partial charge is 0.493 e. The zero-order valence-corrected chi connectivity index (χ0v) is 14.6. The van der Waals surface area contributed by atoms with E-state index in [0.29, 0.717) is 21.8 Å². The number of carbonyl (C=O) groups excluding carboxylic acids is 1. The van der Waals surface area contributed by atoms with E-state index in [4.69, 9.17) is 17.0 Å². The molecule has 5 heteroatoms. The van der Waals surface area contributed by atoms with Crippen LogP contribution in [0.3, 0.4) is 0 Å². The molecule has 1 N–H and O–H groups in total. The van der Waals surface area contributed by atoms with E-state index in [1.54, 1.807) is 0 Å². The minimum Gasteiger partial charge on any atom is -0.493 e. The van der Waals surface area contributed by atoms with Crippen molar-refractivity contribution in [1.29, 1.82) is 0 Å². The van der Waals surface area contributed by atoms with Crippen LogP contribution in [0.5, 0.6) is 5.75 Å². The second-order valence-corrected chi connectivity index (χ2v) is 7.47. The predicted octanol–water partition coefficient (Wildman–Crippen LogP) is 4.36. The van der Waals surface area contributed by atoms with Gasteiger partial charge in [0.05, 0.1) is 11.5 Å². The molecule has 3 nitrogen and oxygen atoms in total. The van der Waals surface area contributed by atoms with Gasteiger partial charge in [-0.3, -0.25) is 4.79 Å². The molecular weight excluding hydrogens is 326 g/mol. The summed E-state index contributed by atoms with van der Waals surface area (Å²) in [5.74, 6) is 1.20. The highest BCUT2D eigenvalue weighted by molar-refractivity contribution is 8.26. The van der Waals surface area contributed by atoms with Crippen molar-refractivity contribution in [1.82, 2.24) is 5.32 Å². The third-order valence-corrected chi connectivity index (χ3v) is 4.58. The second-order valence-electron chi connectivity index (χ2n) is 5.76. The summed E-state index contributed by atoms with van der Waals surface area (Å²) in [5, 5.41) is 4.75. The summed E-state index contributed by atoms with van der Waals surface area (Å²) < 4.78 is 6.42. The van der Waals surface area contributed by atoms with Gasteiger partial charge < -0.3 is 10.1 Å². The number of amides is 1. The lowest BCUT2D eigenvalue weighted by Crippen LogP contribution is -2.17. The lowest BCUT2D eigenvalue weighted by Gasteiger charge is -2.13. The minimum atomic E-state index is -0.135. The number of fused-ring (bicyclic) bond motifs is 1. The lowest BCUT2D eigenvalue weighted by molar-refractivity contribution is -0.115. The summed E-state index contributed by atoms with van der Waals surface area (Å²) in [7, 11) is 0. The molecule has 0 saturated carbocycles. The molecule has 1 saturated heterocycles. The van der Waals surface area contributed by atoms with Crippen LogP contribution in [0, 0.1) is 5.92 Å². The number of ether oxygens (including phenoxy) is 1. The average Bonchev–Trinajstić information content (AvgIpc) is 2.84. The van der Waals surface area contributed by atoms with E-state index in [2.05, 4.69) is 19.2 Å². The molecule has 1 heterocycles. The molecule has 118 valence electrons. The van der Waals surface area contributed by atoms with Crippen molar-refractivity contribution in [2.45, 2.75) is 13.8 Å². The van der Waals surface area contributed by atoms with Gasteiger partial charge in [-0.25, -0.2) is 0 Å². The SMILES string of the molecule is CC(C)COc1ccc(C=C2SC(=S)NC2=O)c2ccccc12. The highest BCUT2D eigenvalue weighted by atomic mass is 32.2. The zero-order valence-electron chi connectivity index (χ0n) is 13.0. The Hall–Kier alpha value is -1.85. The number of rotatable bonds is 4. The summed E-state index contributed by atoms with van der Waals surface area (Å²) in [5.41, 5.74) is 0.986. The Labute approximate surface area is 145 Å². The van der Waals surface area contributed by atoms with Gasteiger partial charge in [0.1, 0.15) is 10.1 Å². The van der Waals surface area contributed by atoms with Crippen LogP contribution in [0.25, 0.3) is 16.8 Å². The maximum absolute atomic E-state index is 11.9. The van der Waals surface area contributed by atoms with Crippen LogP contribution in [-0.2, 0) is 4.79 Å². The van der Waals surface area contributed by atoms with Crippen molar-refractivity contribution >= 4 is 51.1 Å². The van der Waals surface area contributed by atoms with E-state index in [0.717, 1.165) is 22.1 Å². The van der Waals surface area contributed by atoms with Gasteiger partial charge in [-0.2, -0.15) is 0 Å². The molecule has 1 aliphatic heterocycles. The molecular formula is C18H17NO2S2. The first-order valence-corrected chi connectivity index (χ1v) is 8.66. The molecule has 1 aliphatic rings. The molecule has 0 aromatic heterocycles. The second kappa shape index (κ2) is 6.72. The molecule has 0 radical (unpaired) electrons. The Kier molecular flexibility index (Phi) is 4.68. The predicted molar refractivity (Wildman–Crippen MR) is 101 cm³/mol. The monoisotopic (exact) mass is 343 g/mol. The van der Waals surface area contributed by atoms with Gasteiger partial charge in [0.25, 0.3) is 5.91 Å². The van der Waals surface area contributed by atoms with Crippen LogP contribution >= 0.6 is 24.0 Å². The Morgan fingerprint density at radius 2 is 1.96 bits per heavy atom. The van der Waals surface area contributed by atoms with Gasteiger partial charge in [0.15, 0.2) is 0 Å². The molecule has 0 atom stereocenters. The number of hydrogen-bond acceptors (Lipinski definition) is 4. The van der Waals surface area contributed by atoms with Crippen LogP contribution in [0.1, 0.15) is 19.4 Å². The molecule has 1 amide bonds. The van der Waals surface area contributed by atoms with Gasteiger partial charge in [-0.05, 0) is 29.0 Å². The Morgan fingerprint density at radius 1 is 1.22 bits per heavy atom. The fourth-order valence-corrected chi connectivity index (χ4v) is 3.40. The average molecular weight is 343 g/mol. The van der Waals surface area contributed by atoms with Gasteiger partial charge in [0.2, 0.25) is 0 Å².